The predicted molar refractivity (Wildman–Crippen MR) is 45.3 cm³/mol. The number of hydrogen-bond donors (Lipinski definition) is 0. The second-order valence-corrected chi connectivity index (χ2v) is 2.78. The van der Waals surface area contributed by atoms with Gasteiger partial charge in [-0.05, 0) is 31.3 Å². The Hall–Kier alpha value is -1.39. The molecular formula is C9H7F4N. The fourth-order valence-corrected chi connectivity index (χ4v) is 1.05. The molecule has 14 heavy (non-hydrogen) atoms. The van der Waals surface area contributed by atoms with Gasteiger partial charge in [0.15, 0.2) is 0 Å². The first-order valence-corrected chi connectivity index (χ1v) is 3.70. The van der Waals surface area contributed by atoms with E-state index in [1.165, 1.54) is 13.0 Å². The maximum atomic E-state index is 13.0. The Morgan fingerprint density at radius 1 is 1.29 bits per heavy atom. The quantitative estimate of drug-likeness (QED) is 0.491. The summed E-state index contributed by atoms with van der Waals surface area (Å²) in [6, 6.07) is 1.84. The summed E-state index contributed by atoms with van der Waals surface area (Å²) in [6.45, 7) is 4.33. The highest BCUT2D eigenvalue weighted by Crippen LogP contribution is 2.34. The van der Waals surface area contributed by atoms with Crippen molar-refractivity contribution in [2.24, 2.45) is 4.99 Å². The number of benzene rings is 1. The van der Waals surface area contributed by atoms with Gasteiger partial charge < -0.3 is 0 Å². The number of nitrogens with zero attached hydrogens (tertiary/aromatic N) is 1. The Morgan fingerprint density at radius 2 is 1.86 bits per heavy atom. The average Bonchev–Trinajstić information content (AvgIpc) is 2.07. The molecule has 0 bridgehead atoms. The molecule has 1 aromatic carbocycles. The second-order valence-electron chi connectivity index (χ2n) is 2.78. The Kier molecular flexibility index (Phi) is 2.59. The molecule has 0 spiro atoms. The Morgan fingerprint density at radius 3 is 2.29 bits per heavy atom. The predicted octanol–water partition coefficient (Wildman–Crippen LogP) is 3.49. The molecule has 0 aliphatic carbocycles. The summed E-state index contributed by atoms with van der Waals surface area (Å²) in [5, 5.41) is 0. The van der Waals surface area contributed by atoms with Gasteiger partial charge in [-0.3, -0.25) is 4.99 Å². The van der Waals surface area contributed by atoms with Gasteiger partial charge in [-0.15, -0.1) is 0 Å². The molecule has 0 fully saturated rings. The number of aryl methyl sites for hydroxylation is 1. The van der Waals surface area contributed by atoms with Gasteiger partial charge in [0.2, 0.25) is 0 Å². The highest BCUT2D eigenvalue weighted by Gasteiger charge is 2.35. The van der Waals surface area contributed by atoms with Gasteiger partial charge >= 0.3 is 6.18 Å². The molecule has 0 aliphatic heterocycles. The van der Waals surface area contributed by atoms with Crippen LogP contribution in [0.2, 0.25) is 0 Å². The van der Waals surface area contributed by atoms with Crippen LogP contribution in [0.3, 0.4) is 0 Å². The Bertz CT molecular complexity index is 368. The first-order valence-electron chi connectivity index (χ1n) is 3.70. The van der Waals surface area contributed by atoms with E-state index in [-0.39, 0.29) is 11.3 Å². The molecule has 0 heterocycles. The number of aliphatic imine (C=N–C) groups is 1. The molecule has 0 aliphatic rings. The van der Waals surface area contributed by atoms with E-state index in [4.69, 9.17) is 0 Å². The molecule has 0 radical (unpaired) electrons. The van der Waals surface area contributed by atoms with E-state index < -0.39 is 17.6 Å². The molecule has 0 atom stereocenters. The van der Waals surface area contributed by atoms with Crippen LogP contribution < -0.4 is 0 Å². The van der Waals surface area contributed by atoms with Crippen LogP contribution in [0.1, 0.15) is 11.1 Å². The van der Waals surface area contributed by atoms with Crippen LogP contribution in [0.5, 0.6) is 0 Å². The molecule has 0 aromatic heterocycles. The van der Waals surface area contributed by atoms with E-state index in [0.717, 1.165) is 0 Å². The van der Waals surface area contributed by atoms with Crippen molar-refractivity contribution in [3.05, 3.63) is 29.1 Å². The maximum absolute atomic E-state index is 13.0. The normalized spacial score (nSPS) is 11.5. The monoisotopic (exact) mass is 205 g/mol. The van der Waals surface area contributed by atoms with Crippen molar-refractivity contribution in [2.45, 2.75) is 13.1 Å². The smallest absolute Gasteiger partial charge is 0.265 e. The lowest BCUT2D eigenvalue weighted by atomic mass is 10.1. The summed E-state index contributed by atoms with van der Waals surface area (Å²) in [7, 11) is 0. The number of rotatable bonds is 1. The first kappa shape index (κ1) is 10.7. The molecule has 76 valence electrons. The van der Waals surface area contributed by atoms with Crippen LogP contribution in [0, 0.1) is 12.7 Å². The zero-order valence-electron chi connectivity index (χ0n) is 7.32. The lowest BCUT2D eigenvalue weighted by Gasteiger charge is -2.10. The van der Waals surface area contributed by atoms with Gasteiger partial charge in [0.05, 0.1) is 11.3 Å². The van der Waals surface area contributed by atoms with E-state index in [9.17, 15) is 17.6 Å². The van der Waals surface area contributed by atoms with E-state index in [2.05, 4.69) is 11.7 Å². The fourth-order valence-electron chi connectivity index (χ4n) is 1.05. The SMILES string of the molecule is C=Nc1cc(C)c(F)c(C(F)(F)F)c1. The average molecular weight is 205 g/mol. The third-order valence-corrected chi connectivity index (χ3v) is 1.73. The van der Waals surface area contributed by atoms with Crippen LogP contribution in [0.15, 0.2) is 17.1 Å². The molecule has 5 heteroatoms. The topological polar surface area (TPSA) is 12.4 Å². The van der Waals surface area contributed by atoms with Crippen LogP contribution >= 0.6 is 0 Å². The maximum Gasteiger partial charge on any atom is 0.419 e. The summed E-state index contributed by atoms with van der Waals surface area (Å²) in [4.78, 5) is 3.33. The van der Waals surface area contributed by atoms with Crippen LogP contribution in [-0.4, -0.2) is 6.72 Å². The summed E-state index contributed by atoms with van der Waals surface area (Å²) in [5.41, 5.74) is -1.39. The van der Waals surface area contributed by atoms with Crippen LogP contribution in [-0.2, 0) is 6.18 Å². The fraction of sp³-hybridized carbons (Fsp3) is 0.222. The van der Waals surface area contributed by atoms with Crippen LogP contribution in [0.25, 0.3) is 0 Å². The second kappa shape index (κ2) is 3.40. The number of halogens is 4. The zero-order valence-corrected chi connectivity index (χ0v) is 7.32. The van der Waals surface area contributed by atoms with Crippen molar-refractivity contribution in [2.75, 3.05) is 0 Å². The Labute approximate surface area is 78.1 Å². The van der Waals surface area contributed by atoms with Crippen molar-refractivity contribution >= 4 is 12.4 Å². The van der Waals surface area contributed by atoms with Gasteiger partial charge in [0.25, 0.3) is 0 Å². The zero-order chi connectivity index (χ0) is 10.9. The van der Waals surface area contributed by atoms with Crippen molar-refractivity contribution in [3.63, 3.8) is 0 Å². The van der Waals surface area contributed by atoms with Crippen molar-refractivity contribution < 1.29 is 17.6 Å². The molecule has 0 unspecified atom stereocenters. The minimum absolute atomic E-state index is 0.0104. The molecule has 1 nitrogen and oxygen atoms in total. The summed E-state index contributed by atoms with van der Waals surface area (Å²) < 4.78 is 49.8. The molecule has 1 rings (SSSR count). The van der Waals surface area contributed by atoms with E-state index in [1.54, 1.807) is 0 Å². The third-order valence-electron chi connectivity index (χ3n) is 1.73. The number of hydrogen-bond acceptors (Lipinski definition) is 1. The highest BCUT2D eigenvalue weighted by molar-refractivity contribution is 5.50. The molecule has 0 saturated heterocycles. The molecule has 0 N–H and O–H groups in total. The molecular weight excluding hydrogens is 198 g/mol. The minimum Gasteiger partial charge on any atom is -0.265 e. The van der Waals surface area contributed by atoms with E-state index in [1.807, 2.05) is 0 Å². The minimum atomic E-state index is -4.70. The largest absolute Gasteiger partial charge is 0.419 e. The highest BCUT2D eigenvalue weighted by atomic mass is 19.4. The Balaban J connectivity index is 3.42. The van der Waals surface area contributed by atoms with Crippen LogP contribution in [0.4, 0.5) is 23.2 Å². The summed E-state index contributed by atoms with van der Waals surface area (Å²) in [5.74, 6) is -1.26. The lowest BCUT2D eigenvalue weighted by molar-refractivity contribution is -0.140. The van der Waals surface area contributed by atoms with Gasteiger partial charge in [-0.25, -0.2) is 4.39 Å². The summed E-state index contributed by atoms with van der Waals surface area (Å²) in [6.07, 6.45) is -4.70. The van der Waals surface area contributed by atoms with Gasteiger partial charge in [0, 0.05) is 0 Å². The van der Waals surface area contributed by atoms with Gasteiger partial charge in [-0.2, -0.15) is 13.2 Å². The summed E-state index contributed by atoms with van der Waals surface area (Å²) >= 11 is 0. The molecule has 0 saturated carbocycles. The van der Waals surface area contributed by atoms with E-state index >= 15 is 0 Å². The van der Waals surface area contributed by atoms with Crippen molar-refractivity contribution in [3.8, 4) is 0 Å². The number of alkyl halides is 3. The first-order chi connectivity index (χ1) is 6.36. The van der Waals surface area contributed by atoms with Gasteiger partial charge in [0.1, 0.15) is 5.82 Å². The lowest BCUT2D eigenvalue weighted by Crippen LogP contribution is -2.08. The molecule has 1 aromatic rings. The van der Waals surface area contributed by atoms with E-state index in [0.29, 0.717) is 6.07 Å². The standard InChI is InChI=1S/C9H7F4N/c1-5-3-6(14-2)4-7(8(5)10)9(11,12)13/h3-4H,2H2,1H3. The van der Waals surface area contributed by atoms with Gasteiger partial charge in [-0.1, -0.05) is 0 Å². The third kappa shape index (κ3) is 1.92. The molecule has 0 amide bonds. The van der Waals surface area contributed by atoms with Crippen molar-refractivity contribution in [1.82, 2.24) is 0 Å². The van der Waals surface area contributed by atoms with Crippen molar-refractivity contribution in [1.29, 1.82) is 0 Å².